The third-order valence-electron chi connectivity index (χ3n) is 15.1. The lowest BCUT2D eigenvalue weighted by Gasteiger charge is -2.29. The summed E-state index contributed by atoms with van der Waals surface area (Å²) in [5.74, 6) is 0.349. The number of hydrogen-bond acceptors (Lipinski definition) is 1. The summed E-state index contributed by atoms with van der Waals surface area (Å²) in [4.78, 5) is 2.52. The van der Waals surface area contributed by atoms with Gasteiger partial charge in [-0.2, -0.15) is 0 Å². The molecule has 0 amide bonds. The molecular weight excluding hydrogens is 849 g/mol. The molecule has 0 radical (unpaired) electrons. The van der Waals surface area contributed by atoms with Crippen LogP contribution in [0.2, 0.25) is 0 Å². The third-order valence-corrected chi connectivity index (χ3v) is 15.1. The molecule has 2 atom stereocenters. The lowest BCUT2D eigenvalue weighted by molar-refractivity contribution is 0.745. The predicted molar refractivity (Wildman–Crippen MR) is 294 cm³/mol. The fourth-order valence-corrected chi connectivity index (χ4v) is 12.1. The van der Waals surface area contributed by atoms with Crippen LogP contribution in [-0.4, -0.2) is 19.7 Å². The second-order valence-corrected chi connectivity index (χ2v) is 18.9. The monoisotopic (exact) mass is 892 g/mol. The molecule has 0 saturated carbocycles. The molecule has 3 aromatic heterocycles. The number of nitrogens with zero attached hydrogens (tertiary/aromatic N) is 4. The standard InChI is InChI=1S/C66H44N4/c1-7-28-59-51(22-1)52-23-2-8-29-60(52)67(59)47-18-13-16-43(38-47)45-34-36-65-57(40-45)55-26-5-11-32-63(55)69(65)49-20-15-21-50(42-49)70-64-33-12-6-27-56(64)58-41-46(35-37-66(58)70)44-17-14-19-48(39-44)68-61-30-9-3-24-53(61)54-25-4-10-31-62(54)68/h1-42,51,59H. The van der Waals surface area contributed by atoms with E-state index in [2.05, 4.69) is 273 Å². The molecule has 4 heteroatoms. The van der Waals surface area contributed by atoms with Crippen molar-refractivity contribution in [1.82, 2.24) is 13.7 Å². The van der Waals surface area contributed by atoms with Crippen LogP contribution in [0.25, 0.3) is 105 Å². The Morgan fingerprint density at radius 3 is 1.23 bits per heavy atom. The van der Waals surface area contributed by atoms with Crippen molar-refractivity contribution in [2.45, 2.75) is 12.0 Å². The van der Waals surface area contributed by atoms with Crippen LogP contribution in [-0.2, 0) is 0 Å². The van der Waals surface area contributed by atoms with E-state index in [0.29, 0.717) is 5.92 Å². The van der Waals surface area contributed by atoms with Gasteiger partial charge in [-0.15, -0.1) is 0 Å². The van der Waals surface area contributed by atoms with Gasteiger partial charge in [-0.25, -0.2) is 0 Å². The predicted octanol–water partition coefficient (Wildman–Crippen LogP) is 17.0. The van der Waals surface area contributed by atoms with E-state index in [4.69, 9.17) is 0 Å². The van der Waals surface area contributed by atoms with E-state index in [1.165, 1.54) is 105 Å². The maximum atomic E-state index is 2.52. The number of aromatic nitrogens is 3. The highest BCUT2D eigenvalue weighted by atomic mass is 15.2. The highest BCUT2D eigenvalue weighted by Crippen LogP contribution is 2.48. The Hall–Kier alpha value is -9.12. The van der Waals surface area contributed by atoms with Crippen LogP contribution in [0, 0.1) is 0 Å². The molecule has 0 saturated heterocycles. The first-order valence-corrected chi connectivity index (χ1v) is 24.3. The molecule has 2 aliphatic rings. The number of fused-ring (bicyclic) bond motifs is 12. The van der Waals surface area contributed by atoms with Crippen molar-refractivity contribution in [2.24, 2.45) is 0 Å². The van der Waals surface area contributed by atoms with Gasteiger partial charge in [0, 0.05) is 66.7 Å². The number of benzene rings is 10. The Labute approximate surface area is 405 Å². The lowest BCUT2D eigenvalue weighted by Crippen LogP contribution is -2.28. The third kappa shape index (κ3) is 5.77. The zero-order chi connectivity index (χ0) is 45.9. The molecule has 10 aromatic carbocycles. The number of rotatable bonds is 6. The van der Waals surface area contributed by atoms with E-state index in [1.807, 2.05) is 0 Å². The summed E-state index contributed by atoms with van der Waals surface area (Å²) in [6, 6.07) is 85.4. The molecule has 13 aromatic rings. The molecule has 0 spiro atoms. The summed E-state index contributed by atoms with van der Waals surface area (Å²) in [6.45, 7) is 0. The molecule has 1 aliphatic carbocycles. The summed E-state index contributed by atoms with van der Waals surface area (Å²) in [6.07, 6.45) is 9.07. The molecule has 1 aliphatic heterocycles. The smallest absolute Gasteiger partial charge is 0.0629 e. The van der Waals surface area contributed by atoms with Crippen LogP contribution < -0.4 is 4.90 Å². The molecule has 0 N–H and O–H groups in total. The van der Waals surface area contributed by atoms with Crippen LogP contribution >= 0.6 is 0 Å². The second kappa shape index (κ2) is 15.2. The largest absolute Gasteiger partial charge is 0.333 e. The lowest BCUT2D eigenvalue weighted by atomic mass is 9.91. The van der Waals surface area contributed by atoms with Crippen molar-refractivity contribution in [3.63, 3.8) is 0 Å². The van der Waals surface area contributed by atoms with Crippen LogP contribution in [0.3, 0.4) is 0 Å². The van der Waals surface area contributed by atoms with Crippen molar-refractivity contribution in [3.05, 3.63) is 260 Å². The van der Waals surface area contributed by atoms with E-state index in [0.717, 1.165) is 17.1 Å². The van der Waals surface area contributed by atoms with Crippen molar-refractivity contribution in [2.75, 3.05) is 4.90 Å². The van der Waals surface area contributed by atoms with E-state index >= 15 is 0 Å². The summed E-state index contributed by atoms with van der Waals surface area (Å²) in [5.41, 5.74) is 19.2. The average molecular weight is 893 g/mol. The fraction of sp³-hybridized carbons (Fsp3) is 0.0303. The Balaban J connectivity index is 0.821. The van der Waals surface area contributed by atoms with E-state index in [1.54, 1.807) is 0 Å². The number of anilines is 2. The Morgan fingerprint density at radius 1 is 0.271 bits per heavy atom. The summed E-state index contributed by atoms with van der Waals surface area (Å²) in [7, 11) is 0. The van der Waals surface area contributed by atoms with Gasteiger partial charge in [-0.05, 0) is 125 Å². The average Bonchev–Trinajstić information content (AvgIpc) is 4.16. The number of para-hydroxylation sites is 5. The van der Waals surface area contributed by atoms with E-state index in [-0.39, 0.29) is 6.04 Å². The summed E-state index contributed by atoms with van der Waals surface area (Å²) >= 11 is 0. The SMILES string of the molecule is C1=CC2c3ccccc3N(c3cccc(-c4ccc5c(c4)c4ccccc4n5-c4cccc(-n5c6ccccc6c6cc(-c7cccc(-n8c9ccccc9c9ccccc98)c7)ccc65)c4)c3)C2C=C1. The van der Waals surface area contributed by atoms with E-state index in [9.17, 15) is 0 Å². The Morgan fingerprint density at radius 2 is 0.671 bits per heavy atom. The first kappa shape index (κ1) is 38.9. The van der Waals surface area contributed by atoms with Gasteiger partial charge in [-0.3, -0.25) is 0 Å². The minimum Gasteiger partial charge on any atom is -0.333 e. The van der Waals surface area contributed by atoms with Gasteiger partial charge in [-0.1, -0.05) is 158 Å². The first-order valence-electron chi connectivity index (χ1n) is 24.3. The van der Waals surface area contributed by atoms with Crippen LogP contribution in [0.4, 0.5) is 11.4 Å². The maximum absolute atomic E-state index is 2.52. The van der Waals surface area contributed by atoms with Crippen molar-refractivity contribution in [3.8, 4) is 39.3 Å². The van der Waals surface area contributed by atoms with E-state index < -0.39 is 0 Å². The fourth-order valence-electron chi connectivity index (χ4n) is 12.1. The van der Waals surface area contributed by atoms with Gasteiger partial charge < -0.3 is 18.6 Å². The summed E-state index contributed by atoms with van der Waals surface area (Å²) in [5, 5.41) is 7.48. The Bertz CT molecular complexity index is 4290. The molecule has 0 fully saturated rings. The second-order valence-electron chi connectivity index (χ2n) is 18.9. The molecule has 328 valence electrons. The quantitative estimate of drug-likeness (QED) is 0.163. The van der Waals surface area contributed by atoms with Crippen LogP contribution in [0.1, 0.15) is 11.5 Å². The topological polar surface area (TPSA) is 18.0 Å². The number of hydrogen-bond donors (Lipinski definition) is 0. The molecule has 0 bridgehead atoms. The zero-order valence-electron chi connectivity index (χ0n) is 38.2. The molecule has 4 nitrogen and oxygen atoms in total. The van der Waals surface area contributed by atoms with Crippen LogP contribution in [0.15, 0.2) is 255 Å². The van der Waals surface area contributed by atoms with Crippen molar-refractivity contribution >= 4 is 76.8 Å². The van der Waals surface area contributed by atoms with Crippen molar-refractivity contribution in [1.29, 1.82) is 0 Å². The van der Waals surface area contributed by atoms with Gasteiger partial charge in [0.05, 0.1) is 39.1 Å². The van der Waals surface area contributed by atoms with Crippen LogP contribution in [0.5, 0.6) is 0 Å². The highest BCUT2D eigenvalue weighted by molar-refractivity contribution is 6.13. The van der Waals surface area contributed by atoms with Gasteiger partial charge in [0.15, 0.2) is 0 Å². The first-order chi connectivity index (χ1) is 34.7. The van der Waals surface area contributed by atoms with Crippen molar-refractivity contribution < 1.29 is 0 Å². The van der Waals surface area contributed by atoms with Gasteiger partial charge in [0.2, 0.25) is 0 Å². The molecule has 2 unspecified atom stereocenters. The van der Waals surface area contributed by atoms with Gasteiger partial charge in [0.25, 0.3) is 0 Å². The Kier molecular flexibility index (Phi) is 8.45. The minimum absolute atomic E-state index is 0.260. The molecule has 4 heterocycles. The minimum atomic E-state index is 0.260. The molecule has 70 heavy (non-hydrogen) atoms. The normalized spacial score (nSPS) is 15.3. The molecule has 15 rings (SSSR count). The summed E-state index contributed by atoms with van der Waals surface area (Å²) < 4.78 is 7.27. The zero-order valence-corrected chi connectivity index (χ0v) is 38.2. The van der Waals surface area contributed by atoms with Gasteiger partial charge in [0.1, 0.15) is 0 Å². The number of allylic oxidation sites excluding steroid dienone is 2. The maximum Gasteiger partial charge on any atom is 0.0629 e. The van der Waals surface area contributed by atoms with Gasteiger partial charge >= 0.3 is 0 Å². The highest BCUT2D eigenvalue weighted by Gasteiger charge is 2.37. The molecular formula is C66H44N4.